The molecule has 1 saturated heterocycles. The Bertz CT molecular complexity index is 326. The van der Waals surface area contributed by atoms with E-state index in [0.29, 0.717) is 13.1 Å². The van der Waals surface area contributed by atoms with Crippen molar-refractivity contribution >= 4 is 12.1 Å². The third-order valence-electron chi connectivity index (χ3n) is 2.76. The number of piperidine rings is 1. The summed E-state index contributed by atoms with van der Waals surface area (Å²) in [4.78, 5) is 25.1. The molecule has 1 rings (SSSR count). The number of nitrogens with zero attached hydrogens (tertiary/aromatic N) is 1. The van der Waals surface area contributed by atoms with Crippen molar-refractivity contribution in [3.63, 3.8) is 0 Å². The Labute approximate surface area is 114 Å². The third kappa shape index (κ3) is 5.81. The standard InChI is InChI=1S/C13H25N3O3/c1-5-14-11(17)16-8-6-7-10(9-16)15-12(18)19-13(2,3)4/h10H,5-9H2,1-4H3,(H,14,17)(H,15,18)/t10-/m0/s1. The highest BCUT2D eigenvalue weighted by molar-refractivity contribution is 5.74. The lowest BCUT2D eigenvalue weighted by atomic mass is 10.1. The molecule has 1 atom stereocenters. The zero-order valence-electron chi connectivity index (χ0n) is 12.3. The molecule has 0 aliphatic carbocycles. The molecule has 1 heterocycles. The molecule has 2 N–H and O–H groups in total. The Morgan fingerprint density at radius 3 is 2.63 bits per heavy atom. The molecule has 0 bridgehead atoms. The molecule has 0 radical (unpaired) electrons. The fourth-order valence-electron chi connectivity index (χ4n) is 2.02. The van der Waals surface area contributed by atoms with Crippen LogP contribution in [0.25, 0.3) is 0 Å². The fourth-order valence-corrected chi connectivity index (χ4v) is 2.02. The molecule has 19 heavy (non-hydrogen) atoms. The average molecular weight is 271 g/mol. The second-order valence-electron chi connectivity index (χ2n) is 5.77. The lowest BCUT2D eigenvalue weighted by Crippen LogP contribution is -2.52. The van der Waals surface area contributed by atoms with E-state index in [1.807, 2.05) is 27.7 Å². The van der Waals surface area contributed by atoms with Gasteiger partial charge < -0.3 is 20.3 Å². The summed E-state index contributed by atoms with van der Waals surface area (Å²) in [6, 6.07) is -0.107. The first-order valence-corrected chi connectivity index (χ1v) is 6.84. The highest BCUT2D eigenvalue weighted by Crippen LogP contribution is 2.12. The Hall–Kier alpha value is -1.46. The molecular weight excluding hydrogens is 246 g/mol. The number of ether oxygens (including phenoxy) is 1. The Balaban J connectivity index is 2.42. The first-order valence-electron chi connectivity index (χ1n) is 6.84. The molecular formula is C13H25N3O3. The quantitative estimate of drug-likeness (QED) is 0.803. The van der Waals surface area contributed by atoms with Gasteiger partial charge in [0.1, 0.15) is 5.60 Å². The summed E-state index contributed by atoms with van der Waals surface area (Å²) in [7, 11) is 0. The Kier molecular flexibility index (Phi) is 5.44. The molecule has 0 aromatic carbocycles. The van der Waals surface area contributed by atoms with Gasteiger partial charge in [0, 0.05) is 25.7 Å². The van der Waals surface area contributed by atoms with Crippen molar-refractivity contribution in [1.29, 1.82) is 0 Å². The van der Waals surface area contributed by atoms with Gasteiger partial charge >= 0.3 is 12.1 Å². The number of carbonyl (C=O) groups is 2. The highest BCUT2D eigenvalue weighted by Gasteiger charge is 2.26. The molecule has 0 spiro atoms. The van der Waals surface area contributed by atoms with Gasteiger partial charge in [-0.25, -0.2) is 9.59 Å². The summed E-state index contributed by atoms with van der Waals surface area (Å²) in [5, 5.41) is 5.59. The number of nitrogens with one attached hydrogen (secondary N) is 2. The number of urea groups is 1. The predicted molar refractivity (Wildman–Crippen MR) is 73.0 cm³/mol. The van der Waals surface area contributed by atoms with Crippen LogP contribution in [0.15, 0.2) is 0 Å². The molecule has 0 saturated carbocycles. The summed E-state index contributed by atoms with van der Waals surface area (Å²) < 4.78 is 5.21. The molecule has 1 aliphatic rings. The first-order chi connectivity index (χ1) is 8.81. The summed E-state index contributed by atoms with van der Waals surface area (Å²) in [6.07, 6.45) is 1.34. The number of hydrogen-bond donors (Lipinski definition) is 2. The topological polar surface area (TPSA) is 70.7 Å². The predicted octanol–water partition coefficient (Wildman–Crippen LogP) is 1.70. The number of alkyl carbamates (subject to hydrolysis) is 1. The van der Waals surface area contributed by atoms with E-state index in [2.05, 4.69) is 10.6 Å². The number of amides is 3. The van der Waals surface area contributed by atoms with Crippen LogP contribution in [0.5, 0.6) is 0 Å². The van der Waals surface area contributed by atoms with Gasteiger partial charge in [0.05, 0.1) is 0 Å². The van der Waals surface area contributed by atoms with Gasteiger partial charge in [-0.15, -0.1) is 0 Å². The minimum Gasteiger partial charge on any atom is -0.444 e. The molecule has 3 amide bonds. The van der Waals surface area contributed by atoms with Crippen LogP contribution in [-0.2, 0) is 4.74 Å². The van der Waals surface area contributed by atoms with Crippen molar-refractivity contribution in [3.05, 3.63) is 0 Å². The van der Waals surface area contributed by atoms with Crippen molar-refractivity contribution in [2.24, 2.45) is 0 Å². The van der Waals surface area contributed by atoms with Crippen molar-refractivity contribution in [2.45, 2.75) is 52.2 Å². The van der Waals surface area contributed by atoms with Crippen LogP contribution < -0.4 is 10.6 Å². The van der Waals surface area contributed by atoms with Crippen molar-refractivity contribution in [1.82, 2.24) is 15.5 Å². The van der Waals surface area contributed by atoms with Crippen LogP contribution in [0, 0.1) is 0 Å². The molecule has 6 heteroatoms. The number of likely N-dealkylation sites (tertiary alicyclic amines) is 1. The summed E-state index contributed by atoms with van der Waals surface area (Å²) in [5.74, 6) is 0. The van der Waals surface area contributed by atoms with E-state index in [4.69, 9.17) is 4.74 Å². The maximum atomic E-state index is 11.7. The van der Waals surface area contributed by atoms with Crippen molar-refractivity contribution in [3.8, 4) is 0 Å². The van der Waals surface area contributed by atoms with E-state index in [9.17, 15) is 9.59 Å². The molecule has 0 unspecified atom stereocenters. The molecule has 0 aromatic rings. The lowest BCUT2D eigenvalue weighted by molar-refractivity contribution is 0.0479. The zero-order chi connectivity index (χ0) is 14.5. The monoisotopic (exact) mass is 271 g/mol. The number of carbonyl (C=O) groups excluding carboxylic acids is 2. The molecule has 6 nitrogen and oxygen atoms in total. The van der Waals surface area contributed by atoms with Gasteiger partial charge in [0.25, 0.3) is 0 Å². The molecule has 110 valence electrons. The smallest absolute Gasteiger partial charge is 0.407 e. The van der Waals surface area contributed by atoms with Crippen LogP contribution in [0.1, 0.15) is 40.5 Å². The van der Waals surface area contributed by atoms with Crippen molar-refractivity contribution in [2.75, 3.05) is 19.6 Å². The molecule has 0 aromatic heterocycles. The van der Waals surface area contributed by atoms with Crippen LogP contribution in [0.3, 0.4) is 0 Å². The normalized spacial score (nSPS) is 19.8. The SMILES string of the molecule is CCNC(=O)N1CCC[C@H](NC(=O)OC(C)(C)C)C1. The fraction of sp³-hybridized carbons (Fsp3) is 0.846. The van der Waals surface area contributed by atoms with Crippen LogP contribution in [0.2, 0.25) is 0 Å². The maximum absolute atomic E-state index is 11.7. The lowest BCUT2D eigenvalue weighted by Gasteiger charge is -2.33. The molecule has 1 fully saturated rings. The van der Waals surface area contributed by atoms with E-state index in [1.54, 1.807) is 4.90 Å². The van der Waals surface area contributed by atoms with Gasteiger partial charge in [-0.05, 0) is 40.5 Å². The summed E-state index contributed by atoms with van der Waals surface area (Å²) in [6.45, 7) is 9.25. The first kappa shape index (κ1) is 15.6. The third-order valence-corrected chi connectivity index (χ3v) is 2.76. The molecule has 1 aliphatic heterocycles. The number of hydrogen-bond acceptors (Lipinski definition) is 3. The largest absolute Gasteiger partial charge is 0.444 e. The van der Waals surface area contributed by atoms with Crippen LogP contribution in [-0.4, -0.2) is 48.3 Å². The van der Waals surface area contributed by atoms with Gasteiger partial charge in [-0.2, -0.15) is 0 Å². The number of rotatable bonds is 2. The summed E-state index contributed by atoms with van der Waals surface area (Å²) in [5.41, 5.74) is -0.502. The van der Waals surface area contributed by atoms with Crippen LogP contribution >= 0.6 is 0 Å². The minimum atomic E-state index is -0.502. The van der Waals surface area contributed by atoms with Crippen LogP contribution in [0.4, 0.5) is 9.59 Å². The van der Waals surface area contributed by atoms with Gasteiger partial charge in [0.15, 0.2) is 0 Å². The van der Waals surface area contributed by atoms with Gasteiger partial charge in [-0.1, -0.05) is 0 Å². The van der Waals surface area contributed by atoms with E-state index in [0.717, 1.165) is 19.4 Å². The minimum absolute atomic E-state index is 0.0359. The summed E-state index contributed by atoms with van der Waals surface area (Å²) >= 11 is 0. The highest BCUT2D eigenvalue weighted by atomic mass is 16.6. The maximum Gasteiger partial charge on any atom is 0.407 e. The van der Waals surface area contributed by atoms with Gasteiger partial charge in [0.2, 0.25) is 0 Å². The van der Waals surface area contributed by atoms with E-state index < -0.39 is 11.7 Å². The van der Waals surface area contributed by atoms with E-state index in [1.165, 1.54) is 0 Å². The second-order valence-corrected chi connectivity index (χ2v) is 5.77. The van der Waals surface area contributed by atoms with E-state index in [-0.39, 0.29) is 12.1 Å². The zero-order valence-corrected chi connectivity index (χ0v) is 12.3. The Morgan fingerprint density at radius 1 is 1.37 bits per heavy atom. The Morgan fingerprint density at radius 2 is 2.05 bits per heavy atom. The van der Waals surface area contributed by atoms with E-state index >= 15 is 0 Å². The average Bonchev–Trinajstić information content (AvgIpc) is 2.27. The second kappa shape index (κ2) is 6.63. The van der Waals surface area contributed by atoms with Crippen molar-refractivity contribution < 1.29 is 14.3 Å². The van der Waals surface area contributed by atoms with Gasteiger partial charge in [-0.3, -0.25) is 0 Å².